The van der Waals surface area contributed by atoms with Gasteiger partial charge in [0.2, 0.25) is 11.7 Å². The van der Waals surface area contributed by atoms with Crippen LogP contribution in [-0.4, -0.2) is 43.7 Å². The van der Waals surface area contributed by atoms with E-state index in [2.05, 4.69) is 27.2 Å². The molecule has 0 atom stereocenters. The first-order chi connectivity index (χ1) is 11.5. The van der Waals surface area contributed by atoms with E-state index in [1.54, 1.807) is 0 Å². The lowest BCUT2D eigenvalue weighted by Crippen LogP contribution is -2.29. The lowest BCUT2D eigenvalue weighted by atomic mass is 10.1. The third-order valence-electron chi connectivity index (χ3n) is 4.22. The zero-order valence-electron chi connectivity index (χ0n) is 13.9. The van der Waals surface area contributed by atoms with E-state index in [1.165, 1.54) is 31.2 Å². The fraction of sp³-hybridized carbons (Fsp3) is 0.529. The van der Waals surface area contributed by atoms with Gasteiger partial charge in [-0.15, -0.1) is 0 Å². The molecule has 3 rings (SSSR count). The summed E-state index contributed by atoms with van der Waals surface area (Å²) in [5.41, 5.74) is 2.14. The normalized spacial score (nSPS) is 15.6. The Morgan fingerprint density at radius 3 is 2.50 bits per heavy atom. The van der Waals surface area contributed by atoms with Crippen LogP contribution >= 0.6 is 0 Å². The number of hydrogen-bond donors (Lipinski definition) is 0. The number of hydrogen-bond acceptors (Lipinski definition) is 6. The molecular weight excluding hydrogens is 326 g/mol. The van der Waals surface area contributed by atoms with Crippen LogP contribution in [0.5, 0.6) is 0 Å². The second kappa shape index (κ2) is 7.34. The van der Waals surface area contributed by atoms with Crippen LogP contribution in [-0.2, 0) is 16.3 Å². The van der Waals surface area contributed by atoms with Crippen LogP contribution in [0, 0.1) is 0 Å². The highest BCUT2D eigenvalue weighted by molar-refractivity contribution is 7.90. The van der Waals surface area contributed by atoms with Crippen LogP contribution in [0.4, 0.5) is 5.69 Å². The molecule has 2 aromatic rings. The van der Waals surface area contributed by atoms with Gasteiger partial charge in [0.05, 0.1) is 5.75 Å². The molecule has 1 saturated heterocycles. The van der Waals surface area contributed by atoms with Crippen LogP contribution in [0.2, 0.25) is 0 Å². The first-order valence-corrected chi connectivity index (χ1v) is 10.4. The highest BCUT2D eigenvalue weighted by Crippen LogP contribution is 2.23. The molecule has 130 valence electrons. The largest absolute Gasteiger partial charge is 0.372 e. The summed E-state index contributed by atoms with van der Waals surface area (Å²) >= 11 is 0. The molecule has 1 fully saturated rings. The lowest BCUT2D eigenvalue weighted by molar-refractivity contribution is 0.378. The van der Waals surface area contributed by atoms with Crippen LogP contribution in [0.1, 0.15) is 31.6 Å². The fourth-order valence-electron chi connectivity index (χ4n) is 2.93. The van der Waals surface area contributed by atoms with Crippen molar-refractivity contribution in [1.29, 1.82) is 0 Å². The Morgan fingerprint density at radius 1 is 1.12 bits per heavy atom. The minimum atomic E-state index is -2.95. The quantitative estimate of drug-likeness (QED) is 0.798. The van der Waals surface area contributed by atoms with Crippen molar-refractivity contribution < 1.29 is 12.9 Å². The van der Waals surface area contributed by atoms with Crippen molar-refractivity contribution in [3.05, 3.63) is 30.2 Å². The molecule has 7 heteroatoms. The number of sulfone groups is 1. The molecule has 0 radical (unpaired) electrons. The fourth-order valence-corrected chi connectivity index (χ4v) is 3.60. The van der Waals surface area contributed by atoms with Gasteiger partial charge in [0.15, 0.2) is 0 Å². The van der Waals surface area contributed by atoms with Crippen molar-refractivity contribution in [1.82, 2.24) is 10.1 Å². The van der Waals surface area contributed by atoms with Gasteiger partial charge in [-0.25, -0.2) is 8.42 Å². The molecule has 24 heavy (non-hydrogen) atoms. The summed E-state index contributed by atoms with van der Waals surface area (Å²) < 4.78 is 27.5. The molecule has 1 aromatic carbocycles. The molecule has 0 saturated carbocycles. The molecule has 0 amide bonds. The summed E-state index contributed by atoms with van der Waals surface area (Å²) in [5.74, 6) is 1.17. The van der Waals surface area contributed by atoms with Gasteiger partial charge in [0.25, 0.3) is 0 Å². The molecule has 1 aliphatic rings. The predicted molar refractivity (Wildman–Crippen MR) is 93.8 cm³/mol. The number of aromatic nitrogens is 2. The number of anilines is 1. The summed E-state index contributed by atoms with van der Waals surface area (Å²) in [5, 5.41) is 3.99. The minimum Gasteiger partial charge on any atom is -0.372 e. The zero-order chi connectivity index (χ0) is 17.0. The Morgan fingerprint density at radius 2 is 1.83 bits per heavy atom. The Kier molecular flexibility index (Phi) is 5.18. The predicted octanol–water partition coefficient (Wildman–Crippen LogP) is 2.70. The first kappa shape index (κ1) is 17.0. The lowest BCUT2D eigenvalue weighted by Gasteiger charge is -2.28. The molecule has 2 heterocycles. The molecule has 0 N–H and O–H groups in total. The second-order valence-electron chi connectivity index (χ2n) is 6.34. The van der Waals surface area contributed by atoms with E-state index in [4.69, 9.17) is 4.52 Å². The Hall–Kier alpha value is -1.89. The SMILES string of the molecule is CS(=O)(=O)CCCc1nc(-c2ccc(N3CCCCC3)cc2)no1. The zero-order valence-corrected chi connectivity index (χ0v) is 14.8. The molecular formula is C17H23N3O3S. The van der Waals surface area contributed by atoms with Crippen molar-refractivity contribution in [3.8, 4) is 11.4 Å². The highest BCUT2D eigenvalue weighted by atomic mass is 32.2. The van der Waals surface area contributed by atoms with Crippen molar-refractivity contribution >= 4 is 15.5 Å². The van der Waals surface area contributed by atoms with E-state index in [9.17, 15) is 8.42 Å². The first-order valence-electron chi connectivity index (χ1n) is 8.37. The standard InChI is InChI=1S/C17H23N3O3S/c1-24(21,22)13-5-6-16-18-17(19-23-16)14-7-9-15(10-8-14)20-11-3-2-4-12-20/h7-10H,2-6,11-13H2,1H3. The summed E-state index contributed by atoms with van der Waals surface area (Å²) in [6.07, 6.45) is 6.03. The van der Waals surface area contributed by atoms with Crippen molar-refractivity contribution in [2.24, 2.45) is 0 Å². The van der Waals surface area contributed by atoms with Gasteiger partial charge in [-0.2, -0.15) is 4.98 Å². The molecule has 0 spiro atoms. The van der Waals surface area contributed by atoms with Gasteiger partial charge >= 0.3 is 0 Å². The van der Waals surface area contributed by atoms with Crippen LogP contribution in [0.25, 0.3) is 11.4 Å². The van der Waals surface area contributed by atoms with Crippen LogP contribution < -0.4 is 4.90 Å². The van der Waals surface area contributed by atoms with Gasteiger partial charge in [-0.1, -0.05) is 5.16 Å². The molecule has 0 bridgehead atoms. The summed E-state index contributed by atoms with van der Waals surface area (Å²) in [6, 6.07) is 8.21. The number of piperidine rings is 1. The van der Waals surface area contributed by atoms with Crippen LogP contribution in [0.15, 0.2) is 28.8 Å². The average molecular weight is 349 g/mol. The summed E-state index contributed by atoms with van der Waals surface area (Å²) in [4.78, 5) is 6.76. The Balaban J connectivity index is 1.62. The topological polar surface area (TPSA) is 76.3 Å². The van der Waals surface area contributed by atoms with Crippen LogP contribution in [0.3, 0.4) is 0 Å². The summed E-state index contributed by atoms with van der Waals surface area (Å²) in [7, 11) is -2.95. The maximum Gasteiger partial charge on any atom is 0.226 e. The maximum absolute atomic E-state index is 11.1. The third kappa shape index (κ3) is 4.56. The van der Waals surface area contributed by atoms with Gasteiger partial charge in [0, 0.05) is 37.0 Å². The van der Waals surface area contributed by atoms with Crippen molar-refractivity contribution in [2.45, 2.75) is 32.1 Å². The Labute approximate surface area is 142 Å². The van der Waals surface area contributed by atoms with E-state index in [-0.39, 0.29) is 5.75 Å². The number of benzene rings is 1. The van der Waals surface area contributed by atoms with Crippen molar-refractivity contribution in [2.75, 3.05) is 30.0 Å². The smallest absolute Gasteiger partial charge is 0.226 e. The molecule has 0 aliphatic carbocycles. The average Bonchev–Trinajstić information content (AvgIpc) is 3.03. The molecule has 1 aliphatic heterocycles. The third-order valence-corrected chi connectivity index (χ3v) is 5.25. The van der Waals surface area contributed by atoms with E-state index in [0.717, 1.165) is 18.7 Å². The van der Waals surface area contributed by atoms with E-state index in [0.29, 0.717) is 24.6 Å². The molecule has 1 aromatic heterocycles. The molecule has 6 nitrogen and oxygen atoms in total. The number of nitrogens with zero attached hydrogens (tertiary/aromatic N) is 3. The van der Waals surface area contributed by atoms with Gasteiger partial charge in [-0.3, -0.25) is 0 Å². The summed E-state index contributed by atoms with van der Waals surface area (Å²) in [6.45, 7) is 2.23. The van der Waals surface area contributed by atoms with E-state index >= 15 is 0 Å². The maximum atomic E-state index is 11.1. The van der Waals surface area contributed by atoms with Gasteiger partial charge in [0.1, 0.15) is 9.84 Å². The second-order valence-corrected chi connectivity index (χ2v) is 8.60. The van der Waals surface area contributed by atoms with E-state index < -0.39 is 9.84 Å². The van der Waals surface area contributed by atoms with Gasteiger partial charge < -0.3 is 9.42 Å². The number of rotatable bonds is 6. The monoisotopic (exact) mass is 349 g/mol. The minimum absolute atomic E-state index is 0.134. The number of aryl methyl sites for hydroxylation is 1. The van der Waals surface area contributed by atoms with Gasteiger partial charge in [-0.05, 0) is 49.9 Å². The Bertz CT molecular complexity index is 763. The van der Waals surface area contributed by atoms with Crippen molar-refractivity contribution in [3.63, 3.8) is 0 Å². The molecule has 0 unspecified atom stereocenters. The highest BCUT2D eigenvalue weighted by Gasteiger charge is 2.13. The van der Waals surface area contributed by atoms with E-state index in [1.807, 2.05) is 12.1 Å².